The van der Waals surface area contributed by atoms with E-state index in [1.54, 1.807) is 36.4 Å². The number of carboxylic acid groups (broad SMARTS) is 1. The number of hydrogen-bond donors (Lipinski definition) is 5. The average Bonchev–Trinajstić information content (AvgIpc) is 2.83. The smallest absolute Gasteiger partial charge is 0.305 e. The molecule has 0 aliphatic heterocycles. The lowest BCUT2D eigenvalue weighted by Crippen LogP contribution is -2.30. The molecule has 1 unspecified atom stereocenters. The number of carboxylic acids is 1. The first kappa shape index (κ1) is 24.4. The molecule has 0 bridgehead atoms. The molecule has 11 nitrogen and oxygen atoms in total. The van der Waals surface area contributed by atoms with Crippen LogP contribution in [0.15, 0.2) is 83.1 Å². The Morgan fingerprint density at radius 2 is 1.85 bits per heavy atom. The van der Waals surface area contributed by atoms with Gasteiger partial charge in [0.1, 0.15) is 6.34 Å². The fourth-order valence-electron chi connectivity index (χ4n) is 3.05. The maximum atomic E-state index is 13.0. The van der Waals surface area contributed by atoms with Gasteiger partial charge in [0, 0.05) is 29.3 Å². The van der Waals surface area contributed by atoms with Crippen molar-refractivity contribution in [3.8, 4) is 0 Å². The summed E-state index contributed by atoms with van der Waals surface area (Å²) in [5.41, 5.74) is 1.55. The van der Waals surface area contributed by atoms with Crippen molar-refractivity contribution < 1.29 is 23.1 Å². The molecule has 12 heteroatoms. The molecule has 34 heavy (non-hydrogen) atoms. The first-order valence-corrected chi connectivity index (χ1v) is 11.4. The van der Waals surface area contributed by atoms with E-state index in [1.807, 2.05) is 0 Å². The Morgan fingerprint density at radius 3 is 2.56 bits per heavy atom. The fraction of sp³-hybridized carbons (Fsp3) is 0.0909. The number of anilines is 2. The van der Waals surface area contributed by atoms with E-state index in [2.05, 4.69) is 25.4 Å². The summed E-state index contributed by atoms with van der Waals surface area (Å²) in [4.78, 5) is 27.7. The Bertz CT molecular complexity index is 1300. The fourth-order valence-corrected chi connectivity index (χ4v) is 4.32. The largest absolute Gasteiger partial charge is 0.481 e. The van der Waals surface area contributed by atoms with Crippen LogP contribution in [0.3, 0.4) is 0 Å². The van der Waals surface area contributed by atoms with Gasteiger partial charge >= 0.3 is 5.97 Å². The van der Waals surface area contributed by atoms with Crippen LogP contribution in [0.2, 0.25) is 0 Å². The van der Waals surface area contributed by atoms with Gasteiger partial charge in [0.15, 0.2) is 0 Å². The van der Waals surface area contributed by atoms with Crippen molar-refractivity contribution in [2.45, 2.75) is 17.4 Å². The first-order chi connectivity index (χ1) is 16.3. The lowest BCUT2D eigenvalue weighted by Gasteiger charge is -2.17. The van der Waals surface area contributed by atoms with E-state index in [0.29, 0.717) is 16.8 Å². The van der Waals surface area contributed by atoms with E-state index < -0.39 is 34.4 Å². The molecule has 3 rings (SSSR count). The maximum absolute atomic E-state index is 13.0. The summed E-state index contributed by atoms with van der Waals surface area (Å²) in [7, 11) is -4.12. The van der Waals surface area contributed by atoms with Crippen LogP contribution in [0.1, 0.15) is 28.4 Å². The van der Waals surface area contributed by atoms with Crippen LogP contribution in [0.4, 0.5) is 11.4 Å². The third kappa shape index (κ3) is 6.60. The minimum Gasteiger partial charge on any atom is -0.481 e. The number of carbonyl (C=O) groups is 2. The van der Waals surface area contributed by atoms with Crippen molar-refractivity contribution in [2.75, 3.05) is 10.6 Å². The number of nitrogens with two attached hydrogens (primary N) is 1. The molecule has 2 aromatic carbocycles. The van der Waals surface area contributed by atoms with E-state index in [9.17, 15) is 23.1 Å². The second-order valence-corrected chi connectivity index (χ2v) is 8.76. The topological polar surface area (TPSA) is 176 Å². The molecule has 176 valence electrons. The maximum Gasteiger partial charge on any atom is 0.305 e. The van der Waals surface area contributed by atoms with Crippen molar-refractivity contribution in [3.05, 3.63) is 84.2 Å². The van der Waals surface area contributed by atoms with Crippen LogP contribution >= 0.6 is 0 Å². The van der Waals surface area contributed by atoms with Crippen molar-refractivity contribution in [3.63, 3.8) is 0 Å². The van der Waals surface area contributed by atoms with E-state index in [1.165, 1.54) is 43.0 Å². The molecule has 0 fully saturated rings. The van der Waals surface area contributed by atoms with Gasteiger partial charge in [-0.2, -0.15) is 5.10 Å². The molecular formula is C22H22N6O5S. The number of hydrazone groups is 1. The van der Waals surface area contributed by atoms with E-state index >= 15 is 0 Å². The number of amides is 1. The molecule has 0 aliphatic rings. The molecule has 0 saturated carbocycles. The highest BCUT2D eigenvalue weighted by atomic mass is 32.2. The van der Waals surface area contributed by atoms with Crippen LogP contribution in [-0.4, -0.2) is 36.7 Å². The van der Waals surface area contributed by atoms with Crippen molar-refractivity contribution in [2.24, 2.45) is 10.9 Å². The summed E-state index contributed by atoms with van der Waals surface area (Å²) in [6.07, 6.45) is 3.69. The zero-order valence-electron chi connectivity index (χ0n) is 17.8. The average molecular weight is 483 g/mol. The number of hydrogen-bond acceptors (Lipinski definition) is 7. The number of rotatable bonds is 10. The number of pyridine rings is 1. The second-order valence-electron chi connectivity index (χ2n) is 7.04. The Morgan fingerprint density at radius 1 is 1.09 bits per heavy atom. The Hall–Kier alpha value is -4.29. The molecule has 1 atom stereocenters. The number of nitrogens with zero attached hydrogens (tertiary/aromatic N) is 2. The van der Waals surface area contributed by atoms with Gasteiger partial charge in [0.25, 0.3) is 5.91 Å². The van der Waals surface area contributed by atoms with E-state index in [4.69, 9.17) is 5.84 Å². The van der Waals surface area contributed by atoms with Crippen molar-refractivity contribution in [1.82, 2.24) is 9.71 Å². The molecule has 1 amide bonds. The molecule has 6 N–H and O–H groups in total. The van der Waals surface area contributed by atoms with Crippen LogP contribution in [0.5, 0.6) is 0 Å². The summed E-state index contributed by atoms with van der Waals surface area (Å²) in [5, 5.41) is 18.0. The van der Waals surface area contributed by atoms with Gasteiger partial charge < -0.3 is 21.6 Å². The second kappa shape index (κ2) is 11.0. The lowest BCUT2D eigenvalue weighted by atomic mass is 10.1. The summed E-state index contributed by atoms with van der Waals surface area (Å²) >= 11 is 0. The van der Waals surface area contributed by atoms with Gasteiger partial charge in [-0.1, -0.05) is 18.2 Å². The van der Waals surface area contributed by atoms with Crippen molar-refractivity contribution in [1.29, 1.82) is 0 Å². The highest BCUT2D eigenvalue weighted by Gasteiger charge is 2.24. The number of aromatic nitrogens is 1. The van der Waals surface area contributed by atoms with Gasteiger partial charge in [-0.25, -0.2) is 13.1 Å². The molecule has 0 radical (unpaired) electrons. The number of benzene rings is 2. The van der Waals surface area contributed by atoms with Crippen LogP contribution in [0, 0.1) is 0 Å². The van der Waals surface area contributed by atoms with Gasteiger partial charge in [0.2, 0.25) is 10.0 Å². The van der Waals surface area contributed by atoms with Gasteiger partial charge in [0.05, 0.1) is 17.4 Å². The van der Waals surface area contributed by atoms with Crippen molar-refractivity contribution >= 4 is 39.6 Å². The Balaban J connectivity index is 1.79. The zero-order chi connectivity index (χ0) is 24.6. The van der Waals surface area contributed by atoms with Gasteiger partial charge in [-0.15, -0.1) is 0 Å². The number of sulfonamides is 1. The monoisotopic (exact) mass is 482 g/mol. The van der Waals surface area contributed by atoms with Crippen LogP contribution in [0.25, 0.3) is 0 Å². The van der Waals surface area contributed by atoms with E-state index in [0.717, 1.165) is 0 Å². The molecule has 3 aromatic rings. The number of nitrogens with one attached hydrogen (secondary N) is 3. The van der Waals surface area contributed by atoms with Gasteiger partial charge in [-0.05, 0) is 48.0 Å². The number of carbonyl (C=O) groups excluding carboxylic acids is 1. The molecule has 1 aromatic heterocycles. The Labute approximate surface area is 195 Å². The molecule has 0 spiro atoms. The third-order valence-electron chi connectivity index (χ3n) is 4.60. The SMILES string of the molecule is NN=CNc1cccc(C(=O)Nc2cccc(S(=O)(=O)NC(CC(=O)O)c3cccnc3)c2)c1. The quantitative estimate of drug-likeness (QED) is 0.126. The summed E-state index contributed by atoms with van der Waals surface area (Å²) in [6, 6.07) is 14.3. The molecule has 0 aliphatic carbocycles. The summed E-state index contributed by atoms with van der Waals surface area (Å²) in [5.74, 6) is 3.42. The predicted octanol–water partition coefficient (Wildman–Crippen LogP) is 2.14. The molecular weight excluding hydrogens is 460 g/mol. The minimum atomic E-state index is -4.12. The standard InChI is InChI=1S/C22H22N6O5S/c23-26-14-25-17-6-1-4-15(10-17)22(31)27-18-7-2-8-19(11-18)34(32,33)28-20(12-21(29)30)16-5-3-9-24-13-16/h1-11,13-14,20,28H,12,23H2,(H,25,26)(H,27,31)(H,29,30). The third-order valence-corrected chi connectivity index (χ3v) is 6.07. The van der Waals surface area contributed by atoms with Crippen LogP contribution < -0.4 is 21.2 Å². The van der Waals surface area contributed by atoms with Gasteiger partial charge in [-0.3, -0.25) is 14.6 Å². The summed E-state index contributed by atoms with van der Waals surface area (Å²) in [6.45, 7) is 0. The molecule has 0 saturated heterocycles. The normalized spacial score (nSPS) is 12.2. The number of aliphatic carboxylic acids is 1. The highest BCUT2D eigenvalue weighted by Crippen LogP contribution is 2.22. The highest BCUT2D eigenvalue weighted by molar-refractivity contribution is 7.89. The predicted molar refractivity (Wildman–Crippen MR) is 127 cm³/mol. The first-order valence-electron chi connectivity index (χ1n) is 9.92. The summed E-state index contributed by atoms with van der Waals surface area (Å²) < 4.78 is 28.4. The zero-order valence-corrected chi connectivity index (χ0v) is 18.6. The van der Waals surface area contributed by atoms with E-state index in [-0.39, 0.29) is 10.6 Å². The lowest BCUT2D eigenvalue weighted by molar-refractivity contribution is -0.137. The van der Waals surface area contributed by atoms with Crippen LogP contribution in [-0.2, 0) is 14.8 Å². The minimum absolute atomic E-state index is 0.140. The Kier molecular flexibility index (Phi) is 7.90. The molecule has 1 heterocycles.